The summed E-state index contributed by atoms with van der Waals surface area (Å²) in [7, 11) is 2.17. The Kier molecular flexibility index (Phi) is 4.24. The van der Waals surface area contributed by atoms with Crippen LogP contribution in [0.5, 0.6) is 0 Å². The van der Waals surface area contributed by atoms with Crippen LogP contribution in [0.4, 0.5) is 5.69 Å². The molecule has 0 radical (unpaired) electrons. The molecule has 5 heteroatoms. The van der Waals surface area contributed by atoms with Crippen molar-refractivity contribution in [2.24, 2.45) is 0 Å². The van der Waals surface area contributed by atoms with Gasteiger partial charge in [0.1, 0.15) is 5.82 Å². The third-order valence-electron chi connectivity index (χ3n) is 4.19. The highest BCUT2D eigenvalue weighted by molar-refractivity contribution is 5.89. The van der Waals surface area contributed by atoms with Crippen molar-refractivity contribution in [3.63, 3.8) is 0 Å². The lowest BCUT2D eigenvalue weighted by molar-refractivity contribution is -0.114. The second-order valence-corrected chi connectivity index (χ2v) is 5.95. The van der Waals surface area contributed by atoms with Crippen LogP contribution in [0, 0.1) is 0 Å². The lowest BCUT2D eigenvalue weighted by Gasteiger charge is -2.30. The molecule has 1 saturated heterocycles. The maximum atomic E-state index is 11.2. The van der Waals surface area contributed by atoms with Crippen LogP contribution in [0.1, 0.15) is 25.8 Å². The molecule has 0 unspecified atom stereocenters. The number of anilines is 1. The van der Waals surface area contributed by atoms with Gasteiger partial charge in [-0.3, -0.25) is 4.79 Å². The Labute approximate surface area is 131 Å². The lowest BCUT2D eigenvalue weighted by atomic mass is 10.0. The predicted octanol–water partition coefficient (Wildman–Crippen LogP) is 2.78. The van der Waals surface area contributed by atoms with E-state index in [4.69, 9.17) is 0 Å². The fourth-order valence-electron chi connectivity index (χ4n) is 3.04. The van der Waals surface area contributed by atoms with Gasteiger partial charge in [-0.25, -0.2) is 4.98 Å². The zero-order valence-electron chi connectivity index (χ0n) is 13.1. The number of nitrogens with one attached hydrogen (secondary N) is 1. The van der Waals surface area contributed by atoms with Gasteiger partial charge in [0.2, 0.25) is 5.91 Å². The minimum Gasteiger partial charge on any atom is -0.328 e. The number of benzene rings is 1. The fourth-order valence-corrected chi connectivity index (χ4v) is 3.04. The average Bonchev–Trinajstić information content (AvgIpc) is 2.97. The Morgan fingerprint density at radius 1 is 1.32 bits per heavy atom. The van der Waals surface area contributed by atoms with Crippen molar-refractivity contribution in [3.05, 3.63) is 36.7 Å². The van der Waals surface area contributed by atoms with Crippen molar-refractivity contribution in [1.29, 1.82) is 0 Å². The summed E-state index contributed by atoms with van der Waals surface area (Å²) >= 11 is 0. The van der Waals surface area contributed by atoms with Gasteiger partial charge < -0.3 is 14.8 Å². The van der Waals surface area contributed by atoms with Gasteiger partial charge in [0.25, 0.3) is 0 Å². The highest BCUT2D eigenvalue weighted by Crippen LogP contribution is 2.28. The molecule has 1 N–H and O–H groups in total. The number of carbonyl (C=O) groups is 1. The molecule has 0 atom stereocenters. The molecule has 2 heterocycles. The number of amides is 1. The van der Waals surface area contributed by atoms with Crippen molar-refractivity contribution in [3.8, 4) is 11.4 Å². The first-order chi connectivity index (χ1) is 10.6. The minimum absolute atomic E-state index is 0.0594. The van der Waals surface area contributed by atoms with E-state index in [2.05, 4.69) is 33.0 Å². The first kappa shape index (κ1) is 14.8. The third-order valence-corrected chi connectivity index (χ3v) is 4.19. The molecule has 3 rings (SSSR count). The summed E-state index contributed by atoms with van der Waals surface area (Å²) in [6.45, 7) is 3.76. The highest BCUT2D eigenvalue weighted by atomic mass is 16.1. The van der Waals surface area contributed by atoms with Crippen molar-refractivity contribution in [2.45, 2.75) is 25.8 Å². The van der Waals surface area contributed by atoms with Crippen molar-refractivity contribution in [1.82, 2.24) is 14.5 Å². The van der Waals surface area contributed by atoms with Gasteiger partial charge in [-0.1, -0.05) is 12.1 Å². The summed E-state index contributed by atoms with van der Waals surface area (Å²) in [5.74, 6) is 0.914. The highest BCUT2D eigenvalue weighted by Gasteiger charge is 2.20. The number of aromatic nitrogens is 2. The zero-order chi connectivity index (χ0) is 15.5. The van der Waals surface area contributed by atoms with Gasteiger partial charge in [-0.2, -0.15) is 0 Å². The van der Waals surface area contributed by atoms with Gasteiger partial charge in [-0.05, 0) is 45.1 Å². The monoisotopic (exact) mass is 298 g/mol. The lowest BCUT2D eigenvalue weighted by Crippen LogP contribution is -2.31. The topological polar surface area (TPSA) is 50.2 Å². The predicted molar refractivity (Wildman–Crippen MR) is 87.7 cm³/mol. The first-order valence-electron chi connectivity index (χ1n) is 7.73. The molecule has 0 spiro atoms. The Hall–Kier alpha value is -2.14. The molecular formula is C17H22N4O. The number of piperidine rings is 1. The first-order valence-corrected chi connectivity index (χ1v) is 7.73. The summed E-state index contributed by atoms with van der Waals surface area (Å²) < 4.78 is 2.28. The molecule has 1 amide bonds. The minimum atomic E-state index is -0.0594. The Balaban J connectivity index is 1.87. The molecule has 2 aromatic rings. The number of imidazole rings is 1. The van der Waals surface area contributed by atoms with Crippen LogP contribution in [-0.4, -0.2) is 40.5 Å². The molecule has 1 aromatic heterocycles. The smallest absolute Gasteiger partial charge is 0.221 e. The van der Waals surface area contributed by atoms with E-state index in [-0.39, 0.29) is 5.91 Å². The normalized spacial score (nSPS) is 16.6. The Bertz CT molecular complexity index is 656. The summed E-state index contributed by atoms with van der Waals surface area (Å²) in [5, 5.41) is 2.83. The fraction of sp³-hybridized carbons (Fsp3) is 0.412. The van der Waals surface area contributed by atoms with E-state index in [0.717, 1.165) is 43.0 Å². The molecule has 0 aliphatic carbocycles. The standard InChI is InChI=1S/C17H22N4O/c1-13(22)19-15-5-3-4-14(12-15)17-18-8-11-21(17)16-6-9-20(2)10-7-16/h3-5,8,11-12,16H,6-7,9-10H2,1-2H3,(H,19,22). The van der Waals surface area contributed by atoms with E-state index in [1.807, 2.05) is 30.5 Å². The average molecular weight is 298 g/mol. The van der Waals surface area contributed by atoms with Crippen molar-refractivity contribution in [2.75, 3.05) is 25.5 Å². The Morgan fingerprint density at radius 3 is 2.82 bits per heavy atom. The summed E-state index contributed by atoms with van der Waals surface area (Å²) in [5.41, 5.74) is 1.85. The summed E-state index contributed by atoms with van der Waals surface area (Å²) in [4.78, 5) is 18.1. The number of hydrogen-bond acceptors (Lipinski definition) is 3. The van der Waals surface area contributed by atoms with E-state index >= 15 is 0 Å². The van der Waals surface area contributed by atoms with Gasteiger partial charge >= 0.3 is 0 Å². The van der Waals surface area contributed by atoms with Gasteiger partial charge in [0.15, 0.2) is 0 Å². The second-order valence-electron chi connectivity index (χ2n) is 5.95. The van der Waals surface area contributed by atoms with Gasteiger partial charge in [0.05, 0.1) is 0 Å². The number of rotatable bonds is 3. The van der Waals surface area contributed by atoms with Crippen LogP contribution in [0.15, 0.2) is 36.7 Å². The quantitative estimate of drug-likeness (QED) is 0.948. The van der Waals surface area contributed by atoms with Crippen LogP contribution in [0.25, 0.3) is 11.4 Å². The SMILES string of the molecule is CC(=O)Nc1cccc(-c2nccn2C2CCN(C)CC2)c1. The number of carbonyl (C=O) groups excluding carboxylic acids is 1. The maximum absolute atomic E-state index is 11.2. The largest absolute Gasteiger partial charge is 0.328 e. The molecule has 5 nitrogen and oxygen atoms in total. The van der Waals surface area contributed by atoms with Crippen LogP contribution >= 0.6 is 0 Å². The van der Waals surface area contributed by atoms with E-state index in [1.165, 1.54) is 6.92 Å². The number of nitrogens with zero attached hydrogens (tertiary/aromatic N) is 3. The van der Waals surface area contributed by atoms with E-state index in [9.17, 15) is 4.79 Å². The summed E-state index contributed by atoms with van der Waals surface area (Å²) in [6, 6.07) is 8.37. The third kappa shape index (κ3) is 3.20. The molecule has 0 bridgehead atoms. The van der Waals surface area contributed by atoms with Crippen LogP contribution < -0.4 is 5.32 Å². The molecule has 0 saturated carbocycles. The van der Waals surface area contributed by atoms with E-state index in [0.29, 0.717) is 6.04 Å². The zero-order valence-corrected chi connectivity index (χ0v) is 13.1. The molecule has 1 aliphatic rings. The van der Waals surface area contributed by atoms with E-state index < -0.39 is 0 Å². The maximum Gasteiger partial charge on any atom is 0.221 e. The molecule has 116 valence electrons. The number of hydrogen-bond donors (Lipinski definition) is 1. The van der Waals surface area contributed by atoms with Gasteiger partial charge in [-0.15, -0.1) is 0 Å². The van der Waals surface area contributed by atoms with Crippen LogP contribution in [-0.2, 0) is 4.79 Å². The van der Waals surface area contributed by atoms with Crippen LogP contribution in [0.3, 0.4) is 0 Å². The number of likely N-dealkylation sites (tertiary alicyclic amines) is 1. The summed E-state index contributed by atoms with van der Waals surface area (Å²) in [6.07, 6.45) is 6.21. The molecule has 1 fully saturated rings. The Morgan fingerprint density at radius 2 is 2.09 bits per heavy atom. The second kappa shape index (κ2) is 6.32. The van der Waals surface area contributed by atoms with Crippen molar-refractivity contribution < 1.29 is 4.79 Å². The van der Waals surface area contributed by atoms with Gasteiger partial charge in [0, 0.05) is 36.6 Å². The molecule has 1 aliphatic heterocycles. The molecule has 22 heavy (non-hydrogen) atoms. The molecular weight excluding hydrogens is 276 g/mol. The van der Waals surface area contributed by atoms with Crippen LogP contribution in [0.2, 0.25) is 0 Å². The van der Waals surface area contributed by atoms with Crippen molar-refractivity contribution >= 4 is 11.6 Å². The van der Waals surface area contributed by atoms with E-state index in [1.54, 1.807) is 0 Å². The molecule has 1 aromatic carbocycles.